The zero-order valence-corrected chi connectivity index (χ0v) is 18.0. The molecule has 2 aromatic heterocycles. The number of fused-ring (bicyclic) bond motifs is 1. The zero-order chi connectivity index (χ0) is 21.3. The Labute approximate surface area is 176 Å². The Kier molecular flexibility index (Phi) is 5.62. The van der Waals surface area contributed by atoms with Crippen molar-refractivity contribution in [2.75, 3.05) is 6.54 Å². The van der Waals surface area contributed by atoms with Crippen molar-refractivity contribution in [3.05, 3.63) is 65.6 Å². The average Bonchev–Trinajstić information content (AvgIpc) is 3.14. The maximum absolute atomic E-state index is 13.1. The van der Waals surface area contributed by atoms with Crippen molar-refractivity contribution in [2.24, 2.45) is 0 Å². The Morgan fingerprint density at radius 1 is 1.23 bits per heavy atom. The average molecular weight is 427 g/mol. The van der Waals surface area contributed by atoms with Crippen molar-refractivity contribution in [3.8, 4) is 0 Å². The number of hydrogen-bond donors (Lipinski definition) is 1. The third-order valence-corrected chi connectivity index (χ3v) is 7.55. The van der Waals surface area contributed by atoms with Gasteiger partial charge in [-0.15, -0.1) is 0 Å². The summed E-state index contributed by atoms with van der Waals surface area (Å²) in [4.78, 5) is 17.3. The van der Waals surface area contributed by atoms with E-state index in [2.05, 4.69) is 10.3 Å². The molecule has 8 heteroatoms. The molecule has 1 aromatic carbocycles. The van der Waals surface area contributed by atoms with Crippen LogP contribution >= 0.6 is 0 Å². The summed E-state index contributed by atoms with van der Waals surface area (Å²) < 4.78 is 29.6. The number of nitrogens with zero attached hydrogens (tertiary/aromatic N) is 3. The SMILES string of the molecule is Cc1ccn2cc(CNC(=O)c3cccc(S(=O)(=O)N4CCCCC4C)c3)nc2c1. The van der Waals surface area contributed by atoms with E-state index in [9.17, 15) is 13.2 Å². The fourth-order valence-electron chi connectivity index (χ4n) is 3.86. The zero-order valence-electron chi connectivity index (χ0n) is 17.2. The molecule has 0 saturated carbocycles. The summed E-state index contributed by atoms with van der Waals surface area (Å²) >= 11 is 0. The maximum atomic E-state index is 13.1. The first kappa shape index (κ1) is 20.6. The van der Waals surface area contributed by atoms with Gasteiger partial charge in [0.2, 0.25) is 10.0 Å². The van der Waals surface area contributed by atoms with Gasteiger partial charge in [0.05, 0.1) is 17.1 Å². The normalized spacial score (nSPS) is 17.9. The molecule has 3 heterocycles. The smallest absolute Gasteiger partial charge is 0.251 e. The quantitative estimate of drug-likeness (QED) is 0.679. The highest BCUT2D eigenvalue weighted by Gasteiger charge is 2.31. The number of carbonyl (C=O) groups is 1. The van der Waals surface area contributed by atoms with E-state index in [1.807, 2.05) is 42.8 Å². The van der Waals surface area contributed by atoms with Crippen LogP contribution in [0.5, 0.6) is 0 Å². The number of carbonyl (C=O) groups excluding carboxylic acids is 1. The van der Waals surface area contributed by atoms with Gasteiger partial charge in [-0.1, -0.05) is 12.5 Å². The molecule has 0 spiro atoms. The number of imidazole rings is 1. The fourth-order valence-corrected chi connectivity index (χ4v) is 5.60. The lowest BCUT2D eigenvalue weighted by Gasteiger charge is -2.32. The molecule has 0 bridgehead atoms. The molecule has 1 N–H and O–H groups in total. The number of aryl methyl sites for hydroxylation is 1. The first-order chi connectivity index (χ1) is 14.3. The third kappa shape index (κ3) is 4.11. The summed E-state index contributed by atoms with van der Waals surface area (Å²) in [6, 6.07) is 10.2. The van der Waals surface area contributed by atoms with E-state index >= 15 is 0 Å². The Balaban J connectivity index is 1.49. The number of pyridine rings is 1. The molecule has 4 rings (SSSR count). The Hall–Kier alpha value is -2.71. The van der Waals surface area contributed by atoms with E-state index < -0.39 is 10.0 Å². The summed E-state index contributed by atoms with van der Waals surface area (Å²) in [5.41, 5.74) is 2.99. The molecule has 1 amide bonds. The summed E-state index contributed by atoms with van der Waals surface area (Å²) in [7, 11) is -3.62. The number of piperidine rings is 1. The molecule has 0 radical (unpaired) electrons. The molecule has 0 aliphatic carbocycles. The second-order valence-electron chi connectivity index (χ2n) is 7.87. The summed E-state index contributed by atoms with van der Waals surface area (Å²) in [5.74, 6) is -0.327. The van der Waals surface area contributed by atoms with Crippen LogP contribution in [0, 0.1) is 6.92 Å². The minimum absolute atomic E-state index is 0.0279. The highest BCUT2D eigenvalue weighted by Crippen LogP contribution is 2.25. The van der Waals surface area contributed by atoms with Crippen molar-refractivity contribution >= 4 is 21.6 Å². The topological polar surface area (TPSA) is 83.8 Å². The van der Waals surface area contributed by atoms with E-state index in [1.54, 1.807) is 22.5 Å². The molecule has 1 unspecified atom stereocenters. The van der Waals surface area contributed by atoms with Crippen LogP contribution in [0.15, 0.2) is 53.7 Å². The fraction of sp³-hybridized carbons (Fsp3) is 0.364. The molecule has 30 heavy (non-hydrogen) atoms. The monoisotopic (exact) mass is 426 g/mol. The van der Waals surface area contributed by atoms with Gasteiger partial charge in [0.25, 0.3) is 5.91 Å². The number of sulfonamides is 1. The van der Waals surface area contributed by atoms with Crippen LogP contribution in [0.4, 0.5) is 0 Å². The van der Waals surface area contributed by atoms with Crippen LogP contribution in [0.3, 0.4) is 0 Å². The minimum atomic E-state index is -3.62. The van der Waals surface area contributed by atoms with E-state index in [0.717, 1.165) is 36.2 Å². The number of aromatic nitrogens is 2. The van der Waals surface area contributed by atoms with Crippen molar-refractivity contribution in [3.63, 3.8) is 0 Å². The number of nitrogens with one attached hydrogen (secondary N) is 1. The Morgan fingerprint density at radius 2 is 2.07 bits per heavy atom. The van der Waals surface area contributed by atoms with Gasteiger partial charge in [-0.2, -0.15) is 4.31 Å². The first-order valence-electron chi connectivity index (χ1n) is 10.2. The number of amides is 1. The minimum Gasteiger partial charge on any atom is -0.346 e. The predicted octanol–water partition coefficient (Wildman–Crippen LogP) is 3.14. The lowest BCUT2D eigenvalue weighted by atomic mass is 10.1. The number of benzene rings is 1. The summed E-state index contributed by atoms with van der Waals surface area (Å²) in [6.45, 7) is 4.72. The lowest BCUT2D eigenvalue weighted by molar-refractivity contribution is 0.0950. The van der Waals surface area contributed by atoms with Gasteiger partial charge in [0.15, 0.2) is 0 Å². The van der Waals surface area contributed by atoms with Crippen LogP contribution < -0.4 is 5.32 Å². The largest absolute Gasteiger partial charge is 0.346 e. The highest BCUT2D eigenvalue weighted by molar-refractivity contribution is 7.89. The maximum Gasteiger partial charge on any atom is 0.251 e. The van der Waals surface area contributed by atoms with Gasteiger partial charge in [-0.05, 0) is 62.6 Å². The van der Waals surface area contributed by atoms with Gasteiger partial charge in [-0.25, -0.2) is 13.4 Å². The summed E-state index contributed by atoms with van der Waals surface area (Å²) in [6.07, 6.45) is 6.56. The van der Waals surface area contributed by atoms with E-state index in [0.29, 0.717) is 12.1 Å². The molecule has 7 nitrogen and oxygen atoms in total. The van der Waals surface area contributed by atoms with E-state index in [1.165, 1.54) is 6.07 Å². The molecular weight excluding hydrogens is 400 g/mol. The second kappa shape index (κ2) is 8.20. The second-order valence-corrected chi connectivity index (χ2v) is 9.76. The van der Waals surface area contributed by atoms with Crippen LogP contribution in [0.2, 0.25) is 0 Å². The Bertz CT molecular complexity index is 1190. The molecule has 1 aliphatic rings. The van der Waals surface area contributed by atoms with Gasteiger partial charge < -0.3 is 9.72 Å². The standard InChI is InChI=1S/C22H26N4O3S/c1-16-9-11-25-15-19(24-21(25)12-16)14-23-22(27)18-7-5-8-20(13-18)30(28,29)26-10-4-3-6-17(26)2/h5,7-9,11-13,15,17H,3-4,6,10,14H2,1-2H3,(H,23,27). The molecule has 1 aliphatic heterocycles. The van der Waals surface area contributed by atoms with E-state index in [4.69, 9.17) is 0 Å². The van der Waals surface area contributed by atoms with Crippen LogP contribution in [0.1, 0.15) is 47.8 Å². The number of rotatable bonds is 5. The van der Waals surface area contributed by atoms with Crippen LogP contribution in [-0.2, 0) is 16.6 Å². The van der Waals surface area contributed by atoms with Crippen LogP contribution in [0.25, 0.3) is 5.65 Å². The predicted molar refractivity (Wildman–Crippen MR) is 115 cm³/mol. The van der Waals surface area contributed by atoms with Crippen molar-refractivity contribution in [1.82, 2.24) is 19.0 Å². The molecular formula is C22H26N4O3S. The number of hydrogen-bond acceptors (Lipinski definition) is 4. The molecule has 1 fully saturated rings. The summed E-state index contributed by atoms with van der Waals surface area (Å²) in [5, 5.41) is 2.83. The first-order valence-corrected chi connectivity index (χ1v) is 11.6. The molecule has 1 saturated heterocycles. The van der Waals surface area contributed by atoms with Crippen molar-refractivity contribution < 1.29 is 13.2 Å². The highest BCUT2D eigenvalue weighted by atomic mass is 32.2. The van der Waals surface area contributed by atoms with Gasteiger partial charge >= 0.3 is 0 Å². The van der Waals surface area contributed by atoms with Gasteiger partial charge in [0.1, 0.15) is 5.65 Å². The van der Waals surface area contributed by atoms with Gasteiger partial charge in [0, 0.05) is 30.5 Å². The lowest BCUT2D eigenvalue weighted by Crippen LogP contribution is -2.42. The Morgan fingerprint density at radius 3 is 2.87 bits per heavy atom. The van der Waals surface area contributed by atoms with Crippen molar-refractivity contribution in [2.45, 2.75) is 50.6 Å². The third-order valence-electron chi connectivity index (χ3n) is 5.54. The molecule has 1 atom stereocenters. The van der Waals surface area contributed by atoms with Crippen molar-refractivity contribution in [1.29, 1.82) is 0 Å². The molecule has 3 aromatic rings. The molecule has 158 valence electrons. The van der Waals surface area contributed by atoms with E-state index in [-0.39, 0.29) is 23.4 Å². The van der Waals surface area contributed by atoms with Crippen LogP contribution in [-0.4, -0.2) is 40.6 Å². The van der Waals surface area contributed by atoms with Gasteiger partial charge in [-0.3, -0.25) is 4.79 Å².